The Balaban J connectivity index is 0.692. The first-order valence-electron chi connectivity index (χ1n) is 32.4. The van der Waals surface area contributed by atoms with Crippen LogP contribution in [-0.4, -0.2) is 56.3 Å². The molecule has 0 saturated heterocycles. The zero-order chi connectivity index (χ0) is 63.2. The van der Waals surface area contributed by atoms with Crippen LogP contribution in [0.2, 0.25) is 0 Å². The first-order valence-corrected chi connectivity index (χ1v) is 32.4. The van der Waals surface area contributed by atoms with E-state index in [1.165, 1.54) is 144 Å². The highest BCUT2D eigenvalue weighted by Crippen LogP contribution is 2.26. The highest BCUT2D eigenvalue weighted by atomic mass is 16.6. The number of ether oxygens (including phenoxy) is 9. The summed E-state index contributed by atoms with van der Waals surface area (Å²) in [6.45, 7) is 6.95. The Morgan fingerprint density at radius 2 is 0.411 bits per heavy atom. The molecule has 14 nitrogen and oxygen atoms in total. The van der Waals surface area contributed by atoms with Gasteiger partial charge in [-0.3, -0.25) is 0 Å². The van der Waals surface area contributed by atoms with Crippen molar-refractivity contribution < 1.29 is 66.6 Å². The predicted octanol–water partition coefficient (Wildman–Crippen LogP) is 19.0. The molecule has 0 aromatic heterocycles. The van der Waals surface area contributed by atoms with Crippen molar-refractivity contribution in [1.29, 1.82) is 0 Å². The minimum Gasteiger partial charge on any atom is -0.494 e. The molecule has 476 valence electrons. The minimum atomic E-state index is -0.673. The van der Waals surface area contributed by atoms with Gasteiger partial charge in [0.2, 0.25) is 0 Å². The van der Waals surface area contributed by atoms with Crippen LogP contribution in [0, 0.1) is 0 Å². The molecule has 0 aliphatic carbocycles. The molecule has 7 aromatic carbocycles. The topological polar surface area (TPSA) is 168 Å². The van der Waals surface area contributed by atoms with E-state index in [1.54, 1.807) is 103 Å². The number of hydrogen-bond acceptors (Lipinski definition) is 14. The molecule has 0 aliphatic rings. The first kappa shape index (κ1) is 68.6. The Labute approximate surface area is 531 Å². The molecule has 14 heteroatoms. The van der Waals surface area contributed by atoms with Crippen molar-refractivity contribution in [2.45, 2.75) is 162 Å². The maximum absolute atomic E-state index is 13.1. The summed E-state index contributed by atoms with van der Waals surface area (Å²) in [7, 11) is 0. The van der Waals surface area contributed by atoms with Gasteiger partial charge in [-0.15, -0.1) is 0 Å². The van der Waals surface area contributed by atoms with Crippen molar-refractivity contribution in [3.05, 3.63) is 198 Å². The van der Waals surface area contributed by atoms with Gasteiger partial charge in [0.15, 0.2) is 0 Å². The lowest BCUT2D eigenvalue weighted by Crippen LogP contribution is -2.11. The lowest BCUT2D eigenvalue weighted by Gasteiger charge is -2.09. The van der Waals surface area contributed by atoms with Crippen LogP contribution in [0.1, 0.15) is 213 Å². The van der Waals surface area contributed by atoms with Crippen LogP contribution in [0.25, 0.3) is 0 Å². The Bertz CT molecular complexity index is 3210. The molecule has 0 heterocycles. The second-order valence-electron chi connectivity index (χ2n) is 22.3. The lowest BCUT2D eigenvalue weighted by molar-refractivity contribution is 0.0720. The van der Waals surface area contributed by atoms with Gasteiger partial charge in [-0.2, -0.15) is 0 Å². The van der Waals surface area contributed by atoms with E-state index in [2.05, 4.69) is 13.8 Å². The van der Waals surface area contributed by atoms with E-state index in [-0.39, 0.29) is 34.1 Å². The van der Waals surface area contributed by atoms with Crippen molar-refractivity contribution in [2.75, 3.05) is 26.4 Å². The van der Waals surface area contributed by atoms with Gasteiger partial charge >= 0.3 is 29.8 Å². The highest BCUT2D eigenvalue weighted by molar-refractivity contribution is 5.94. The van der Waals surface area contributed by atoms with Crippen molar-refractivity contribution in [2.24, 2.45) is 0 Å². The first-order chi connectivity index (χ1) is 44.1. The zero-order valence-corrected chi connectivity index (χ0v) is 52.5. The molecule has 0 fully saturated rings. The van der Waals surface area contributed by atoms with E-state index >= 15 is 0 Å². The lowest BCUT2D eigenvalue weighted by atomic mass is 10.1. The summed E-state index contributed by atoms with van der Waals surface area (Å²) in [5.41, 5.74) is 1.59. The molecule has 0 N–H and O–H groups in total. The van der Waals surface area contributed by atoms with E-state index in [9.17, 15) is 24.0 Å². The average molecular weight is 1230 g/mol. The van der Waals surface area contributed by atoms with E-state index < -0.39 is 29.8 Å². The number of carbonyl (C=O) groups excluding carboxylic acids is 5. The summed E-state index contributed by atoms with van der Waals surface area (Å²) in [6, 6.07) is 45.9. The molecule has 90 heavy (non-hydrogen) atoms. The molecule has 0 radical (unpaired) electrons. The van der Waals surface area contributed by atoms with Gasteiger partial charge in [-0.05, 0) is 183 Å². The number of carbonyl (C=O) groups is 5. The molecule has 0 saturated carbocycles. The standard InChI is InChI=1S/C76H88O14/c1-3-5-7-9-10-11-13-16-19-23-54-83-64-41-29-58(30-42-64)72(77)86-67-45-35-61(36-46-67)75(80)89-70-27-26-28-71(57-70)90-76(81)62-37-47-68(48-38-62)87-73(78)59-31-43-65(44-32-59)84-55-24-20-17-14-12-15-18-21-25-56-85-66-49-51-69(52-50-66)88-74(79)60-33-39-63(40-34-60)82-53-22-8-6-4-2/h26-52,57H,3-25,53-56H2,1-2H3. The van der Waals surface area contributed by atoms with E-state index in [0.717, 1.165) is 69.3 Å². The quantitative estimate of drug-likeness (QED) is 0.0201. The van der Waals surface area contributed by atoms with Gasteiger partial charge in [0, 0.05) is 6.07 Å². The fraction of sp³-hybridized carbons (Fsp3) is 0.382. The number of rotatable bonds is 42. The predicted molar refractivity (Wildman–Crippen MR) is 349 cm³/mol. The van der Waals surface area contributed by atoms with Crippen LogP contribution in [0.4, 0.5) is 0 Å². The number of unbranched alkanes of at least 4 members (excludes halogenated alkanes) is 20. The number of esters is 5. The molecule has 0 atom stereocenters. The van der Waals surface area contributed by atoms with Gasteiger partial charge in [0.25, 0.3) is 0 Å². The normalized spacial score (nSPS) is 10.9. The fourth-order valence-electron chi connectivity index (χ4n) is 9.73. The van der Waals surface area contributed by atoms with E-state index in [1.807, 2.05) is 12.1 Å². The second kappa shape index (κ2) is 39.9. The number of benzene rings is 7. The van der Waals surface area contributed by atoms with E-state index in [4.69, 9.17) is 42.6 Å². The smallest absolute Gasteiger partial charge is 0.343 e. The SMILES string of the molecule is CCCCCCCCCCCCOc1ccc(C(=O)Oc2ccc(C(=O)Oc3cccc(OC(=O)c4ccc(OC(=O)c5ccc(OCCCCCCCCCCCOc6ccc(OC(=O)c7ccc(OCCCCCC)cc7)cc6)cc5)cc4)c3)cc2)cc1. The molecule has 0 spiro atoms. The van der Waals surface area contributed by atoms with Gasteiger partial charge in [0.05, 0.1) is 54.2 Å². The van der Waals surface area contributed by atoms with Crippen molar-refractivity contribution in [1.82, 2.24) is 0 Å². The molecule has 0 unspecified atom stereocenters. The highest BCUT2D eigenvalue weighted by Gasteiger charge is 2.17. The van der Waals surface area contributed by atoms with Crippen LogP contribution in [-0.2, 0) is 0 Å². The van der Waals surface area contributed by atoms with Gasteiger partial charge < -0.3 is 42.6 Å². The van der Waals surface area contributed by atoms with Crippen LogP contribution in [0.15, 0.2) is 170 Å². The summed E-state index contributed by atoms with van der Waals surface area (Å²) in [6.07, 6.45) is 27.1. The van der Waals surface area contributed by atoms with Gasteiger partial charge in [0.1, 0.15) is 51.7 Å². The van der Waals surface area contributed by atoms with Crippen LogP contribution in [0.3, 0.4) is 0 Å². The molecule has 7 rings (SSSR count). The summed E-state index contributed by atoms with van der Waals surface area (Å²) in [5, 5.41) is 0. The molecule has 0 bridgehead atoms. The second-order valence-corrected chi connectivity index (χ2v) is 22.3. The Morgan fingerprint density at radius 3 is 0.667 bits per heavy atom. The van der Waals surface area contributed by atoms with Crippen molar-refractivity contribution in [3.63, 3.8) is 0 Å². The van der Waals surface area contributed by atoms with Crippen LogP contribution >= 0.6 is 0 Å². The third kappa shape index (κ3) is 25.7. The fourth-order valence-corrected chi connectivity index (χ4v) is 9.73. The largest absolute Gasteiger partial charge is 0.494 e. The maximum Gasteiger partial charge on any atom is 0.343 e. The molecule has 0 aliphatic heterocycles. The monoisotopic (exact) mass is 1220 g/mol. The third-order valence-corrected chi connectivity index (χ3v) is 15.0. The molecule has 0 amide bonds. The Kier molecular flexibility index (Phi) is 30.4. The van der Waals surface area contributed by atoms with E-state index in [0.29, 0.717) is 60.4 Å². The van der Waals surface area contributed by atoms with Gasteiger partial charge in [-0.1, -0.05) is 142 Å². The summed E-state index contributed by atoms with van der Waals surface area (Å²) in [4.78, 5) is 64.6. The molecular formula is C76H88O14. The minimum absolute atomic E-state index is 0.142. The van der Waals surface area contributed by atoms with Crippen LogP contribution in [0.5, 0.6) is 51.7 Å². The summed E-state index contributed by atoms with van der Waals surface area (Å²) >= 11 is 0. The molecular weight excluding hydrogens is 1140 g/mol. The Hall–Kier alpha value is -8.91. The average Bonchev–Trinajstić information content (AvgIpc) is 1.87. The maximum atomic E-state index is 13.1. The van der Waals surface area contributed by atoms with Crippen molar-refractivity contribution >= 4 is 29.8 Å². The number of hydrogen-bond donors (Lipinski definition) is 0. The summed E-state index contributed by atoms with van der Waals surface area (Å²) in [5.74, 6) is 1.24. The third-order valence-electron chi connectivity index (χ3n) is 15.0. The zero-order valence-electron chi connectivity index (χ0n) is 52.5. The van der Waals surface area contributed by atoms with Crippen LogP contribution < -0.4 is 42.6 Å². The molecule has 7 aromatic rings. The Morgan fingerprint density at radius 1 is 0.222 bits per heavy atom. The summed E-state index contributed by atoms with van der Waals surface area (Å²) < 4.78 is 51.3. The van der Waals surface area contributed by atoms with Crippen molar-refractivity contribution in [3.8, 4) is 51.7 Å². The van der Waals surface area contributed by atoms with Gasteiger partial charge in [-0.25, -0.2) is 24.0 Å².